The van der Waals surface area contributed by atoms with Crippen molar-refractivity contribution in [3.05, 3.63) is 68.1 Å². The molecule has 2 heterocycles. The van der Waals surface area contributed by atoms with Crippen LogP contribution in [0.3, 0.4) is 0 Å². The molecule has 1 aliphatic heterocycles. The third kappa shape index (κ3) is 4.34. The van der Waals surface area contributed by atoms with Crippen LogP contribution in [0.2, 0.25) is 10.0 Å². The molecule has 0 unspecified atom stereocenters. The highest BCUT2D eigenvalue weighted by molar-refractivity contribution is 7.99. The molecular formula is C19H18Cl2N2O2S. The number of aromatic nitrogens is 1. The van der Waals surface area contributed by atoms with E-state index in [4.69, 9.17) is 23.2 Å². The van der Waals surface area contributed by atoms with Gasteiger partial charge in [-0.2, -0.15) is 0 Å². The second-order valence-corrected chi connectivity index (χ2v) is 8.04. The zero-order valence-electron chi connectivity index (χ0n) is 14.1. The molecule has 1 aromatic carbocycles. The summed E-state index contributed by atoms with van der Waals surface area (Å²) in [5.41, 5.74) is 1.96. The lowest BCUT2D eigenvalue weighted by molar-refractivity contribution is -0.119. The largest absolute Gasteiger partial charge is 0.350 e. The van der Waals surface area contributed by atoms with Gasteiger partial charge in [-0.25, -0.2) is 0 Å². The first-order chi connectivity index (χ1) is 12.5. The van der Waals surface area contributed by atoms with Crippen LogP contribution in [0.15, 0.2) is 46.1 Å². The Hall–Kier alpha value is -1.69. The van der Waals surface area contributed by atoms with E-state index in [0.717, 1.165) is 28.2 Å². The minimum Gasteiger partial charge on any atom is -0.350 e. The van der Waals surface area contributed by atoms with Crippen LogP contribution >= 0.6 is 35.0 Å². The van der Waals surface area contributed by atoms with Crippen LogP contribution in [0, 0.1) is 0 Å². The molecule has 1 atom stereocenters. The van der Waals surface area contributed by atoms with Gasteiger partial charge in [0.15, 0.2) is 0 Å². The summed E-state index contributed by atoms with van der Waals surface area (Å²) in [5.74, 6) is 0.961. The Labute approximate surface area is 166 Å². The minimum atomic E-state index is -0.352. The van der Waals surface area contributed by atoms with Crippen molar-refractivity contribution in [1.82, 2.24) is 10.3 Å². The van der Waals surface area contributed by atoms with Crippen molar-refractivity contribution < 1.29 is 4.79 Å². The van der Waals surface area contributed by atoms with E-state index >= 15 is 0 Å². The van der Waals surface area contributed by atoms with Crippen molar-refractivity contribution in [2.45, 2.75) is 30.7 Å². The third-order valence-corrected chi connectivity index (χ3v) is 5.77. The number of amides is 1. The topological polar surface area (TPSA) is 62.0 Å². The average Bonchev–Trinajstić information content (AvgIpc) is 3.02. The molecule has 26 heavy (non-hydrogen) atoms. The fourth-order valence-electron chi connectivity index (χ4n) is 2.86. The Bertz CT molecular complexity index is 924. The number of carbonyl (C=O) groups is 1. The molecule has 7 heteroatoms. The van der Waals surface area contributed by atoms with Crippen molar-refractivity contribution >= 4 is 46.4 Å². The molecule has 2 N–H and O–H groups in total. The molecule has 1 amide bonds. The van der Waals surface area contributed by atoms with Crippen LogP contribution in [0.1, 0.15) is 31.0 Å². The number of nitrogens with one attached hydrogen (secondary N) is 2. The van der Waals surface area contributed by atoms with Crippen molar-refractivity contribution in [2.24, 2.45) is 0 Å². The number of carbonyl (C=O) groups excluding carboxylic acids is 1. The Kier molecular flexibility index (Phi) is 6.12. The van der Waals surface area contributed by atoms with Gasteiger partial charge in [-0.15, -0.1) is 11.8 Å². The molecule has 0 saturated carbocycles. The van der Waals surface area contributed by atoms with E-state index in [2.05, 4.69) is 17.2 Å². The monoisotopic (exact) mass is 408 g/mol. The summed E-state index contributed by atoms with van der Waals surface area (Å²) in [6.45, 7) is 2.07. The van der Waals surface area contributed by atoms with Crippen LogP contribution in [0.25, 0.3) is 5.57 Å². The maximum Gasteiger partial charge on any atom is 0.267 e. The van der Waals surface area contributed by atoms with Crippen molar-refractivity contribution in [1.29, 1.82) is 0 Å². The van der Waals surface area contributed by atoms with E-state index < -0.39 is 0 Å². The first-order valence-corrected chi connectivity index (χ1v) is 10.0. The number of rotatable bonds is 5. The van der Waals surface area contributed by atoms with E-state index in [0.29, 0.717) is 17.1 Å². The van der Waals surface area contributed by atoms with Crippen LogP contribution in [-0.2, 0) is 4.79 Å². The highest BCUT2D eigenvalue weighted by Gasteiger charge is 2.20. The van der Waals surface area contributed by atoms with Gasteiger partial charge in [0.05, 0.1) is 5.02 Å². The fourth-order valence-corrected chi connectivity index (χ4v) is 3.99. The third-order valence-electron chi connectivity index (χ3n) is 4.09. The summed E-state index contributed by atoms with van der Waals surface area (Å²) in [6, 6.07) is 9.07. The number of thioether (sulfide) groups is 1. The van der Waals surface area contributed by atoms with Gasteiger partial charge < -0.3 is 10.3 Å². The molecule has 1 aliphatic rings. The normalized spacial score (nSPS) is 17.4. The van der Waals surface area contributed by atoms with Crippen molar-refractivity contribution in [2.75, 3.05) is 5.75 Å². The molecule has 4 nitrogen and oxygen atoms in total. The summed E-state index contributed by atoms with van der Waals surface area (Å²) in [6.07, 6.45) is 3.18. The number of halogens is 2. The maximum absolute atomic E-state index is 12.0. The van der Waals surface area contributed by atoms with Gasteiger partial charge in [0.1, 0.15) is 5.02 Å². The van der Waals surface area contributed by atoms with Gasteiger partial charge in [-0.3, -0.25) is 9.59 Å². The molecule has 1 saturated heterocycles. The van der Waals surface area contributed by atoms with E-state index in [-0.39, 0.29) is 22.5 Å². The molecule has 1 fully saturated rings. The number of aromatic amines is 1. The molecule has 1 aromatic heterocycles. The molecule has 0 bridgehead atoms. The molecule has 0 aliphatic carbocycles. The van der Waals surface area contributed by atoms with E-state index in [9.17, 15) is 9.59 Å². The SMILES string of the molecule is CCSc1ccc(/C(=C/[C@H]2CCC(=O)N2)c2ccc(Cl)c(=O)[nH]2)cc1Cl. The minimum absolute atomic E-state index is 0.0305. The summed E-state index contributed by atoms with van der Waals surface area (Å²) in [4.78, 5) is 27.3. The average molecular weight is 409 g/mol. The lowest BCUT2D eigenvalue weighted by Gasteiger charge is -2.13. The predicted molar refractivity (Wildman–Crippen MR) is 108 cm³/mol. The molecule has 136 valence electrons. The highest BCUT2D eigenvalue weighted by Crippen LogP contribution is 2.32. The Morgan fingerprint density at radius 3 is 2.65 bits per heavy atom. The number of H-pyrrole nitrogens is 1. The van der Waals surface area contributed by atoms with Gasteiger partial charge in [-0.05, 0) is 42.0 Å². The second kappa shape index (κ2) is 8.33. The Morgan fingerprint density at radius 2 is 2.04 bits per heavy atom. The zero-order chi connectivity index (χ0) is 18.7. The standard InChI is InChI=1S/C19H18Cl2N2O2S/c1-2-26-17-7-3-11(9-15(17)21)13(10-12-4-8-18(24)22-12)16-6-5-14(20)19(25)23-16/h3,5-7,9-10,12H,2,4,8H2,1H3,(H,22,24)(H,23,25)/b13-10-/t12-/m1/s1. The van der Waals surface area contributed by atoms with Crippen LogP contribution in [0.5, 0.6) is 0 Å². The molecule has 3 rings (SSSR count). The first-order valence-electron chi connectivity index (χ1n) is 8.31. The molecule has 0 spiro atoms. The lowest BCUT2D eigenvalue weighted by atomic mass is 9.99. The van der Waals surface area contributed by atoms with Gasteiger partial charge >= 0.3 is 0 Å². The summed E-state index contributed by atoms with van der Waals surface area (Å²) in [5, 5.41) is 3.72. The Morgan fingerprint density at radius 1 is 1.23 bits per heavy atom. The quantitative estimate of drug-likeness (QED) is 0.715. The predicted octanol–water partition coefficient (Wildman–Crippen LogP) is 4.50. The van der Waals surface area contributed by atoms with Crippen molar-refractivity contribution in [3.8, 4) is 0 Å². The summed E-state index contributed by atoms with van der Waals surface area (Å²) in [7, 11) is 0. The summed E-state index contributed by atoms with van der Waals surface area (Å²) >= 11 is 14.0. The lowest BCUT2D eigenvalue weighted by Crippen LogP contribution is -2.23. The van der Waals surface area contributed by atoms with Gasteiger partial charge in [0.25, 0.3) is 5.56 Å². The van der Waals surface area contributed by atoms with Gasteiger partial charge in [-0.1, -0.05) is 42.3 Å². The zero-order valence-corrected chi connectivity index (χ0v) is 16.5. The van der Waals surface area contributed by atoms with E-state index in [1.54, 1.807) is 23.9 Å². The number of hydrogen-bond acceptors (Lipinski definition) is 3. The maximum atomic E-state index is 12.0. The van der Waals surface area contributed by atoms with E-state index in [1.807, 2.05) is 24.3 Å². The van der Waals surface area contributed by atoms with Crippen molar-refractivity contribution in [3.63, 3.8) is 0 Å². The van der Waals surface area contributed by atoms with E-state index in [1.165, 1.54) is 0 Å². The molecule has 2 aromatic rings. The van der Waals surface area contributed by atoms with Crippen LogP contribution in [-0.4, -0.2) is 22.7 Å². The van der Waals surface area contributed by atoms with Crippen LogP contribution < -0.4 is 10.9 Å². The second-order valence-electron chi connectivity index (χ2n) is 5.92. The number of hydrogen-bond donors (Lipinski definition) is 2. The molecule has 0 radical (unpaired) electrons. The number of benzene rings is 1. The fraction of sp³-hybridized carbons (Fsp3) is 0.263. The first kappa shape index (κ1) is 19.1. The Balaban J connectivity index is 2.06. The van der Waals surface area contributed by atoms with Gasteiger partial charge in [0, 0.05) is 28.6 Å². The summed E-state index contributed by atoms with van der Waals surface area (Å²) < 4.78 is 0. The van der Waals surface area contributed by atoms with Crippen LogP contribution in [0.4, 0.5) is 0 Å². The molecular weight excluding hydrogens is 391 g/mol. The highest BCUT2D eigenvalue weighted by atomic mass is 35.5. The smallest absolute Gasteiger partial charge is 0.267 e. The number of pyridine rings is 1. The van der Waals surface area contributed by atoms with Gasteiger partial charge in [0.2, 0.25) is 5.91 Å².